The minimum absolute atomic E-state index is 0.0625. The Morgan fingerprint density at radius 1 is 1.45 bits per heavy atom. The Hall–Kier alpha value is -1.24. The van der Waals surface area contributed by atoms with Crippen molar-refractivity contribution in [1.29, 1.82) is 0 Å². The zero-order valence-corrected chi connectivity index (χ0v) is 13.2. The third kappa shape index (κ3) is 3.45. The Morgan fingerprint density at radius 2 is 2.25 bits per heavy atom. The first-order valence-electron chi connectivity index (χ1n) is 6.54. The molecule has 2 aromatic rings. The number of thiazole rings is 1. The molecule has 0 radical (unpaired) electrons. The molecule has 0 atom stereocenters. The van der Waals surface area contributed by atoms with E-state index < -0.39 is 0 Å². The number of hydrogen-bond acceptors (Lipinski definition) is 5. The summed E-state index contributed by atoms with van der Waals surface area (Å²) in [5, 5.41) is 13.6. The number of aliphatic hydroxyl groups excluding tert-OH is 1. The number of carbonyl (C=O) groups excluding carboxylic acids is 1. The van der Waals surface area contributed by atoms with Crippen molar-refractivity contribution in [1.82, 2.24) is 9.88 Å². The highest BCUT2D eigenvalue weighted by atomic mass is 32.1. The van der Waals surface area contributed by atoms with Crippen molar-refractivity contribution in [3.8, 4) is 9.88 Å². The maximum atomic E-state index is 12.5. The SMILES string of the molecule is CC(C)N(CCCO)C(=O)c1csc(-c2cccs2)n1. The topological polar surface area (TPSA) is 53.4 Å². The maximum absolute atomic E-state index is 12.5. The number of aliphatic hydroxyl groups is 1. The van der Waals surface area contributed by atoms with Crippen LogP contribution in [0.2, 0.25) is 0 Å². The van der Waals surface area contributed by atoms with Crippen LogP contribution in [0.4, 0.5) is 0 Å². The molecule has 0 aromatic carbocycles. The average Bonchev–Trinajstić information content (AvgIpc) is 3.09. The van der Waals surface area contributed by atoms with E-state index in [1.165, 1.54) is 11.3 Å². The molecule has 108 valence electrons. The number of thiophene rings is 1. The van der Waals surface area contributed by atoms with Crippen LogP contribution in [0.3, 0.4) is 0 Å². The molecule has 1 N–H and O–H groups in total. The zero-order valence-electron chi connectivity index (χ0n) is 11.6. The summed E-state index contributed by atoms with van der Waals surface area (Å²) in [5.74, 6) is -0.0625. The van der Waals surface area contributed by atoms with Crippen LogP contribution in [0.25, 0.3) is 9.88 Å². The second-order valence-electron chi connectivity index (χ2n) is 4.68. The van der Waals surface area contributed by atoms with Gasteiger partial charge in [0.05, 0.1) is 4.88 Å². The summed E-state index contributed by atoms with van der Waals surface area (Å²) in [6.07, 6.45) is 0.589. The number of amides is 1. The van der Waals surface area contributed by atoms with Crippen molar-refractivity contribution < 1.29 is 9.90 Å². The standard InChI is InChI=1S/C14H18N2O2S2/c1-10(2)16(6-4-7-17)14(18)11-9-20-13(15-11)12-5-3-8-19-12/h3,5,8-10,17H,4,6-7H2,1-2H3. The molecule has 0 saturated carbocycles. The molecule has 0 aliphatic rings. The third-order valence-corrected chi connectivity index (χ3v) is 4.78. The summed E-state index contributed by atoms with van der Waals surface area (Å²) >= 11 is 3.11. The number of nitrogens with zero attached hydrogens (tertiary/aromatic N) is 2. The summed E-state index contributed by atoms with van der Waals surface area (Å²) in [4.78, 5) is 19.7. The molecule has 2 rings (SSSR count). The predicted octanol–water partition coefficient (Wildman–Crippen LogP) is 3.10. The molecule has 0 fully saturated rings. The molecule has 0 unspecified atom stereocenters. The minimum atomic E-state index is -0.0625. The van der Waals surface area contributed by atoms with Gasteiger partial charge in [-0.15, -0.1) is 22.7 Å². The van der Waals surface area contributed by atoms with Crippen LogP contribution < -0.4 is 0 Å². The van der Waals surface area contributed by atoms with E-state index in [0.29, 0.717) is 18.7 Å². The largest absolute Gasteiger partial charge is 0.396 e. The van der Waals surface area contributed by atoms with Crippen molar-refractivity contribution in [2.24, 2.45) is 0 Å². The number of rotatable bonds is 6. The fourth-order valence-corrected chi connectivity index (χ4v) is 3.48. The summed E-state index contributed by atoms with van der Waals surface area (Å²) in [6, 6.07) is 4.08. The molecule has 0 aliphatic carbocycles. The van der Waals surface area contributed by atoms with Crippen LogP contribution in [0.5, 0.6) is 0 Å². The third-order valence-electron chi connectivity index (χ3n) is 2.90. The average molecular weight is 310 g/mol. The molecule has 0 spiro atoms. The lowest BCUT2D eigenvalue weighted by molar-refractivity contribution is 0.0688. The van der Waals surface area contributed by atoms with Gasteiger partial charge in [0.15, 0.2) is 0 Å². The molecule has 20 heavy (non-hydrogen) atoms. The van der Waals surface area contributed by atoms with Crippen LogP contribution in [0, 0.1) is 0 Å². The quantitative estimate of drug-likeness (QED) is 0.892. The highest BCUT2D eigenvalue weighted by Crippen LogP contribution is 2.28. The predicted molar refractivity (Wildman–Crippen MR) is 83.3 cm³/mol. The zero-order chi connectivity index (χ0) is 14.5. The van der Waals surface area contributed by atoms with E-state index in [1.54, 1.807) is 16.2 Å². The Labute approximate surface area is 126 Å². The van der Waals surface area contributed by atoms with Gasteiger partial charge in [0.2, 0.25) is 0 Å². The van der Waals surface area contributed by atoms with Crippen molar-refractivity contribution in [2.75, 3.05) is 13.2 Å². The molecular weight excluding hydrogens is 292 g/mol. The number of hydrogen-bond donors (Lipinski definition) is 1. The monoisotopic (exact) mass is 310 g/mol. The van der Waals surface area contributed by atoms with E-state index in [1.807, 2.05) is 36.7 Å². The highest BCUT2D eigenvalue weighted by molar-refractivity contribution is 7.20. The Bertz CT molecular complexity index is 549. The number of aromatic nitrogens is 1. The van der Waals surface area contributed by atoms with Gasteiger partial charge in [-0.2, -0.15) is 0 Å². The van der Waals surface area contributed by atoms with Gasteiger partial charge in [-0.1, -0.05) is 6.07 Å². The second-order valence-corrected chi connectivity index (χ2v) is 6.49. The lowest BCUT2D eigenvalue weighted by Gasteiger charge is -2.25. The molecule has 1 amide bonds. The smallest absolute Gasteiger partial charge is 0.273 e. The van der Waals surface area contributed by atoms with Gasteiger partial charge in [0, 0.05) is 24.6 Å². The van der Waals surface area contributed by atoms with Gasteiger partial charge >= 0.3 is 0 Å². The van der Waals surface area contributed by atoms with E-state index in [2.05, 4.69) is 4.98 Å². The highest BCUT2D eigenvalue weighted by Gasteiger charge is 2.21. The fourth-order valence-electron chi connectivity index (χ4n) is 1.87. The Kier molecular flexibility index (Phi) is 5.28. The van der Waals surface area contributed by atoms with Gasteiger partial charge in [0.1, 0.15) is 10.7 Å². The van der Waals surface area contributed by atoms with Crippen LogP contribution >= 0.6 is 22.7 Å². The van der Waals surface area contributed by atoms with Crippen molar-refractivity contribution in [3.05, 3.63) is 28.6 Å². The fraction of sp³-hybridized carbons (Fsp3) is 0.429. The second kappa shape index (κ2) is 6.97. The van der Waals surface area contributed by atoms with Gasteiger partial charge in [-0.3, -0.25) is 4.79 Å². The first-order valence-corrected chi connectivity index (χ1v) is 8.30. The van der Waals surface area contributed by atoms with Crippen LogP contribution in [-0.4, -0.2) is 40.1 Å². The molecular formula is C14H18N2O2S2. The van der Waals surface area contributed by atoms with Crippen molar-refractivity contribution >= 4 is 28.6 Å². The molecule has 4 nitrogen and oxygen atoms in total. The van der Waals surface area contributed by atoms with Crippen LogP contribution in [0.1, 0.15) is 30.8 Å². The van der Waals surface area contributed by atoms with Gasteiger partial charge < -0.3 is 10.0 Å². The summed E-state index contributed by atoms with van der Waals surface area (Å²) in [5.41, 5.74) is 0.491. The van der Waals surface area contributed by atoms with Crippen molar-refractivity contribution in [3.63, 3.8) is 0 Å². The van der Waals surface area contributed by atoms with E-state index in [4.69, 9.17) is 5.11 Å². The van der Waals surface area contributed by atoms with E-state index in [9.17, 15) is 4.79 Å². The molecule has 2 heterocycles. The Balaban J connectivity index is 2.15. The molecule has 0 saturated heterocycles. The molecule has 6 heteroatoms. The van der Waals surface area contributed by atoms with E-state index in [-0.39, 0.29) is 18.6 Å². The van der Waals surface area contributed by atoms with Crippen LogP contribution in [-0.2, 0) is 0 Å². The van der Waals surface area contributed by atoms with E-state index in [0.717, 1.165) is 9.88 Å². The normalized spacial score (nSPS) is 11.0. The summed E-state index contributed by atoms with van der Waals surface area (Å²) in [7, 11) is 0. The first kappa shape index (κ1) is 15.2. The van der Waals surface area contributed by atoms with Crippen LogP contribution in [0.15, 0.2) is 22.9 Å². The van der Waals surface area contributed by atoms with Gasteiger partial charge in [-0.25, -0.2) is 4.98 Å². The lowest BCUT2D eigenvalue weighted by atomic mass is 10.2. The molecule has 2 aromatic heterocycles. The number of carbonyl (C=O) groups is 1. The lowest BCUT2D eigenvalue weighted by Crippen LogP contribution is -2.38. The first-order chi connectivity index (χ1) is 9.63. The Morgan fingerprint density at radius 3 is 2.85 bits per heavy atom. The van der Waals surface area contributed by atoms with Crippen molar-refractivity contribution in [2.45, 2.75) is 26.3 Å². The summed E-state index contributed by atoms with van der Waals surface area (Å²) in [6.45, 7) is 4.59. The minimum Gasteiger partial charge on any atom is -0.396 e. The summed E-state index contributed by atoms with van der Waals surface area (Å²) < 4.78 is 0. The maximum Gasteiger partial charge on any atom is 0.273 e. The van der Waals surface area contributed by atoms with Gasteiger partial charge in [0.25, 0.3) is 5.91 Å². The molecule has 0 aliphatic heterocycles. The molecule has 0 bridgehead atoms. The van der Waals surface area contributed by atoms with E-state index >= 15 is 0 Å². The van der Waals surface area contributed by atoms with Gasteiger partial charge in [-0.05, 0) is 31.7 Å².